The van der Waals surface area contributed by atoms with Gasteiger partial charge in [0.1, 0.15) is 42.7 Å². The van der Waals surface area contributed by atoms with Gasteiger partial charge in [-0.1, -0.05) is 46.8 Å². The fourth-order valence-electron chi connectivity index (χ4n) is 14.2. The molecule has 12 nitrogen and oxygen atoms in total. The van der Waals surface area contributed by atoms with Crippen LogP contribution >= 0.6 is 0 Å². The van der Waals surface area contributed by atoms with E-state index in [-0.39, 0.29) is 52.1 Å². The molecule has 5 aliphatic carbocycles. The summed E-state index contributed by atoms with van der Waals surface area (Å²) in [4.78, 5) is 14.5. The molecule has 12 heteroatoms. The van der Waals surface area contributed by atoms with E-state index in [1.165, 1.54) is 0 Å². The molecule has 0 bridgehead atoms. The van der Waals surface area contributed by atoms with E-state index in [1.807, 2.05) is 0 Å². The molecule has 5 saturated carbocycles. The summed E-state index contributed by atoms with van der Waals surface area (Å²) in [6, 6.07) is 0. The average molecular weight is 751 g/mol. The SMILES string of the molecule is C=C(C)[C@@H]1CC[C@]2(C(=O)O[C@@H]3O[C@H](CO)[C@@H](O)[C@H](O)[C@H]3O)CC[C@]3(C)C(CCC4[C@@]5(C)CC[C@H](O[C@H]6OC[C@H](O)[C@H](O)[C@H]6O)C(C)(C)C5CC[C@]43C)C12. The predicted octanol–water partition coefficient (Wildman–Crippen LogP) is 2.81. The number of hydrogen-bond acceptors (Lipinski definition) is 12. The minimum atomic E-state index is -1.64. The second kappa shape index (κ2) is 13.7. The highest BCUT2D eigenvalue weighted by Gasteiger charge is 2.72. The molecular formula is C41H66O12. The summed E-state index contributed by atoms with van der Waals surface area (Å²) in [6.45, 7) is 17.9. The van der Waals surface area contributed by atoms with Gasteiger partial charge in [0.05, 0.1) is 24.7 Å². The Morgan fingerprint density at radius 3 is 2.13 bits per heavy atom. The van der Waals surface area contributed by atoms with Crippen LogP contribution in [0.25, 0.3) is 0 Å². The van der Waals surface area contributed by atoms with Crippen LogP contribution in [0.15, 0.2) is 12.2 Å². The van der Waals surface area contributed by atoms with Gasteiger partial charge in [0.15, 0.2) is 6.29 Å². The third-order valence-electron chi connectivity index (χ3n) is 17.2. The molecule has 19 atom stereocenters. The Balaban J connectivity index is 1.14. The van der Waals surface area contributed by atoms with E-state index in [4.69, 9.17) is 18.9 Å². The van der Waals surface area contributed by atoms with Crippen LogP contribution in [-0.4, -0.2) is 116 Å². The second-order valence-corrected chi connectivity index (χ2v) is 19.7. The first-order chi connectivity index (χ1) is 24.8. The minimum absolute atomic E-state index is 0.00339. The van der Waals surface area contributed by atoms with Gasteiger partial charge < -0.3 is 54.7 Å². The zero-order chi connectivity index (χ0) is 38.6. The van der Waals surface area contributed by atoms with E-state index in [1.54, 1.807) is 0 Å². The van der Waals surface area contributed by atoms with Crippen molar-refractivity contribution in [2.24, 2.45) is 56.7 Å². The van der Waals surface area contributed by atoms with Crippen LogP contribution < -0.4 is 0 Å². The number of carbonyl (C=O) groups excluding carboxylic acids is 1. The van der Waals surface area contributed by atoms with E-state index in [0.717, 1.165) is 56.9 Å². The minimum Gasteiger partial charge on any atom is -0.432 e. The highest BCUT2D eigenvalue weighted by Crippen LogP contribution is 2.77. The van der Waals surface area contributed by atoms with Crippen LogP contribution in [0.3, 0.4) is 0 Å². The van der Waals surface area contributed by atoms with Crippen LogP contribution in [0.2, 0.25) is 0 Å². The van der Waals surface area contributed by atoms with Crippen LogP contribution in [0.1, 0.15) is 106 Å². The number of ether oxygens (including phenoxy) is 4. The number of aliphatic hydroxyl groups is 7. The first-order valence-electron chi connectivity index (χ1n) is 20.3. The number of hydrogen-bond donors (Lipinski definition) is 7. The standard InChI is InChI=1S/C41H66O12/c1-20(2)21-10-15-41(36(49)53-35-33(48)31(46)30(45)24(18-42)51-35)17-16-39(6)22(28(21)41)8-9-26-38(5)13-12-27(37(3,4)25(38)11-14-40(26,39)7)52-34-32(47)29(44)23(43)19-50-34/h21-35,42-48H,1,8-19H2,2-7H3/t21-,22?,23-,24+,25?,26?,27-,28?,29-,30+,31-,32+,33+,34+,35-,38-,39+,40+,41-/m0/s1. The lowest BCUT2D eigenvalue weighted by Gasteiger charge is -2.73. The third kappa shape index (κ3) is 5.77. The van der Waals surface area contributed by atoms with Crippen LogP contribution in [0.5, 0.6) is 0 Å². The second-order valence-electron chi connectivity index (χ2n) is 19.7. The lowest BCUT2D eigenvalue weighted by Crippen LogP contribution is -2.67. The summed E-state index contributed by atoms with van der Waals surface area (Å²) < 4.78 is 23.8. The first-order valence-corrected chi connectivity index (χ1v) is 20.3. The molecule has 2 saturated heterocycles. The maximum atomic E-state index is 14.5. The molecule has 0 aromatic rings. The van der Waals surface area contributed by atoms with Crippen LogP contribution in [0, 0.1) is 56.7 Å². The average Bonchev–Trinajstić information content (AvgIpc) is 3.51. The largest absolute Gasteiger partial charge is 0.432 e. The van der Waals surface area contributed by atoms with Gasteiger partial charge in [-0.15, -0.1) is 0 Å². The highest BCUT2D eigenvalue weighted by atomic mass is 16.7. The van der Waals surface area contributed by atoms with Gasteiger partial charge in [-0.05, 0) is 122 Å². The van der Waals surface area contributed by atoms with Crippen LogP contribution in [0.4, 0.5) is 0 Å². The van der Waals surface area contributed by atoms with Gasteiger partial charge in [-0.25, -0.2) is 0 Å². The van der Waals surface area contributed by atoms with Crippen molar-refractivity contribution >= 4 is 5.97 Å². The lowest BCUT2D eigenvalue weighted by molar-refractivity contribution is -0.312. The fourth-order valence-corrected chi connectivity index (χ4v) is 14.2. The molecule has 7 rings (SSSR count). The van der Waals surface area contributed by atoms with Gasteiger partial charge in [-0.2, -0.15) is 0 Å². The zero-order valence-electron chi connectivity index (χ0n) is 32.5. The van der Waals surface area contributed by atoms with Crippen LogP contribution in [-0.2, 0) is 23.7 Å². The molecule has 0 amide bonds. The molecule has 0 aromatic heterocycles. The van der Waals surface area contributed by atoms with Gasteiger partial charge in [0.25, 0.3) is 0 Å². The van der Waals surface area contributed by atoms with Crippen molar-refractivity contribution in [3.63, 3.8) is 0 Å². The summed E-state index contributed by atoms with van der Waals surface area (Å²) in [5.41, 5.74) is 0.00865. The van der Waals surface area contributed by atoms with Crippen molar-refractivity contribution in [1.82, 2.24) is 0 Å². The van der Waals surface area contributed by atoms with Gasteiger partial charge in [-0.3, -0.25) is 4.79 Å². The lowest BCUT2D eigenvalue weighted by atomic mass is 9.32. The Hall–Kier alpha value is -1.19. The van der Waals surface area contributed by atoms with Crippen molar-refractivity contribution in [2.45, 2.75) is 167 Å². The predicted molar refractivity (Wildman–Crippen MR) is 191 cm³/mol. The van der Waals surface area contributed by atoms with E-state index in [2.05, 4.69) is 48.1 Å². The molecule has 302 valence electrons. The molecule has 7 fully saturated rings. The molecule has 0 radical (unpaired) electrons. The van der Waals surface area contributed by atoms with Crippen molar-refractivity contribution in [2.75, 3.05) is 13.2 Å². The number of rotatable bonds is 6. The normalized spacial score (nSPS) is 54.8. The zero-order valence-corrected chi connectivity index (χ0v) is 32.5. The Bertz CT molecular complexity index is 1400. The highest BCUT2D eigenvalue weighted by molar-refractivity contribution is 5.78. The first kappa shape index (κ1) is 40.0. The van der Waals surface area contributed by atoms with E-state index in [9.17, 15) is 40.5 Å². The molecule has 0 spiro atoms. The third-order valence-corrected chi connectivity index (χ3v) is 17.2. The summed E-state index contributed by atoms with van der Waals surface area (Å²) in [6.07, 6.45) is -3.62. The summed E-state index contributed by atoms with van der Waals surface area (Å²) in [5.74, 6) is 0.739. The summed E-state index contributed by atoms with van der Waals surface area (Å²) in [7, 11) is 0. The molecular weight excluding hydrogens is 684 g/mol. The topological polar surface area (TPSA) is 196 Å². The van der Waals surface area contributed by atoms with E-state index >= 15 is 0 Å². The molecule has 2 aliphatic heterocycles. The Morgan fingerprint density at radius 1 is 0.755 bits per heavy atom. The fraction of sp³-hybridized carbons (Fsp3) is 0.927. The molecule has 7 N–H and O–H groups in total. The number of carbonyl (C=O) groups is 1. The molecule has 7 aliphatic rings. The monoisotopic (exact) mass is 750 g/mol. The Labute approximate surface area is 314 Å². The summed E-state index contributed by atoms with van der Waals surface area (Å²) in [5, 5.41) is 72.3. The molecule has 53 heavy (non-hydrogen) atoms. The summed E-state index contributed by atoms with van der Waals surface area (Å²) >= 11 is 0. The Morgan fingerprint density at radius 2 is 1.45 bits per heavy atom. The van der Waals surface area contributed by atoms with Gasteiger partial charge in [0.2, 0.25) is 6.29 Å². The quantitative estimate of drug-likeness (QED) is 0.119. The smallest absolute Gasteiger partial charge is 0.314 e. The number of fused-ring (bicyclic) bond motifs is 7. The van der Waals surface area contributed by atoms with Gasteiger partial charge in [0, 0.05) is 0 Å². The van der Waals surface area contributed by atoms with Crippen molar-refractivity contribution < 1.29 is 59.5 Å². The number of esters is 1. The number of allylic oxidation sites excluding steroid dienone is 1. The molecule has 4 unspecified atom stereocenters. The van der Waals surface area contributed by atoms with Crippen molar-refractivity contribution in [1.29, 1.82) is 0 Å². The van der Waals surface area contributed by atoms with Gasteiger partial charge >= 0.3 is 5.97 Å². The van der Waals surface area contributed by atoms with Crippen molar-refractivity contribution in [3.05, 3.63) is 12.2 Å². The maximum absolute atomic E-state index is 14.5. The van der Waals surface area contributed by atoms with E-state index < -0.39 is 73.3 Å². The number of aliphatic hydroxyl groups excluding tert-OH is 7. The molecule has 0 aromatic carbocycles. The van der Waals surface area contributed by atoms with E-state index in [0.29, 0.717) is 24.7 Å². The van der Waals surface area contributed by atoms with Crippen molar-refractivity contribution in [3.8, 4) is 0 Å². The maximum Gasteiger partial charge on any atom is 0.314 e. The molecule has 2 heterocycles. The Kier molecular flexibility index (Phi) is 10.4.